The zero-order valence-electron chi connectivity index (χ0n) is 28.4. The van der Waals surface area contributed by atoms with E-state index in [9.17, 15) is 14.7 Å². The summed E-state index contributed by atoms with van der Waals surface area (Å²) in [5.41, 5.74) is 6.10. The summed E-state index contributed by atoms with van der Waals surface area (Å²) in [7, 11) is 0. The smallest absolute Gasteiger partial charge is 0.303 e. The fourth-order valence-corrected chi connectivity index (χ4v) is 8.06. The third-order valence-corrected chi connectivity index (χ3v) is 10.7. The van der Waals surface area contributed by atoms with E-state index >= 15 is 0 Å². The van der Waals surface area contributed by atoms with E-state index in [2.05, 4.69) is 98.7 Å². The van der Waals surface area contributed by atoms with Crippen molar-refractivity contribution in [1.82, 2.24) is 0 Å². The van der Waals surface area contributed by atoms with Crippen LogP contribution in [0.4, 0.5) is 11.4 Å². The largest absolute Gasteiger partial charge is 0.871 e. The van der Waals surface area contributed by atoms with Crippen molar-refractivity contribution in [3.63, 3.8) is 0 Å². The molecule has 48 heavy (non-hydrogen) atoms. The highest BCUT2D eigenvalue weighted by molar-refractivity contribution is 6.24. The molecule has 0 fully saturated rings. The molecule has 0 saturated carbocycles. The number of anilines is 1. The topological polar surface area (TPSA) is 83.7 Å². The Labute approximate surface area is 282 Å². The van der Waals surface area contributed by atoms with Crippen LogP contribution in [0.5, 0.6) is 0 Å². The Hall–Kier alpha value is -4.97. The van der Waals surface area contributed by atoms with Crippen molar-refractivity contribution in [2.24, 2.45) is 0 Å². The molecule has 2 aliphatic heterocycles. The Morgan fingerprint density at radius 1 is 0.833 bits per heavy atom. The molecule has 2 heterocycles. The first-order valence-corrected chi connectivity index (χ1v) is 17.1. The lowest BCUT2D eigenvalue weighted by Crippen LogP contribution is -2.35. The first kappa shape index (κ1) is 31.6. The van der Waals surface area contributed by atoms with Crippen LogP contribution >= 0.6 is 0 Å². The molecule has 0 radical (unpaired) electrons. The zero-order chi connectivity index (χ0) is 34.0. The van der Waals surface area contributed by atoms with E-state index in [1.54, 1.807) is 0 Å². The second-order valence-electron chi connectivity index (χ2n) is 14.3. The second kappa shape index (κ2) is 11.6. The van der Waals surface area contributed by atoms with Crippen molar-refractivity contribution in [1.29, 1.82) is 0 Å². The maximum Gasteiger partial charge on any atom is 0.303 e. The van der Waals surface area contributed by atoms with Gasteiger partial charge in [0.25, 0.3) is 0 Å². The standard InChI is InChI=1S/C42H42N2O4/c1-6-43-34(41(2,3)32-21-19-26-14-9-11-16-28(26)37(32)43)24-30-39(47)31(40(30)48)25-35-42(4,5)33-22-20-27-15-10-12-17-29(27)38(33)44(35)23-13-7-8-18-36(45)46/h9-12,14-17,19-22,24-25H,6-8,13,18,23H2,1-5H3,(H-,45,46,47,48). The number of Topliss-reactive ketones (excluding diaryl/α,β-unsaturated/α-hetero) is 1. The number of aliphatic carboxylic acids is 1. The van der Waals surface area contributed by atoms with Crippen molar-refractivity contribution >= 4 is 50.4 Å². The predicted molar refractivity (Wildman–Crippen MR) is 191 cm³/mol. The first-order chi connectivity index (χ1) is 23.0. The number of carboxylic acid groups (broad SMARTS) is 1. The van der Waals surface area contributed by atoms with Gasteiger partial charge in [-0.15, -0.1) is 0 Å². The molecule has 6 nitrogen and oxygen atoms in total. The summed E-state index contributed by atoms with van der Waals surface area (Å²) in [6.07, 6.45) is 6.00. The lowest BCUT2D eigenvalue weighted by Gasteiger charge is -2.32. The number of rotatable bonds is 9. The Kier molecular flexibility index (Phi) is 7.66. The van der Waals surface area contributed by atoms with Gasteiger partial charge in [0.05, 0.1) is 16.5 Å². The van der Waals surface area contributed by atoms with Crippen molar-refractivity contribution in [2.45, 2.75) is 71.1 Å². The second-order valence-corrected chi connectivity index (χ2v) is 14.3. The number of hydrogen-bond donors (Lipinski definition) is 1. The van der Waals surface area contributed by atoms with Crippen LogP contribution in [0.25, 0.3) is 21.5 Å². The Morgan fingerprint density at radius 3 is 2.15 bits per heavy atom. The molecular weight excluding hydrogens is 596 g/mol. The average Bonchev–Trinajstić information content (AvgIpc) is 3.43. The van der Waals surface area contributed by atoms with Crippen LogP contribution in [-0.4, -0.2) is 40.2 Å². The number of allylic oxidation sites excluding steroid dienone is 5. The number of benzene rings is 4. The SMILES string of the molecule is CCN1C(=CC2=C([O-])/C(=C/C3=[N+](CCCCCC(=O)O)c4c(ccc5ccccc45)C3(C)C)C2=O)C(C)(C)c2ccc3ccccc3c21. The van der Waals surface area contributed by atoms with E-state index in [1.807, 2.05) is 30.4 Å². The molecule has 0 atom stereocenters. The van der Waals surface area contributed by atoms with Crippen LogP contribution < -0.4 is 10.0 Å². The maximum atomic E-state index is 13.9. The maximum absolute atomic E-state index is 13.9. The van der Waals surface area contributed by atoms with Crippen molar-refractivity contribution in [3.8, 4) is 0 Å². The summed E-state index contributed by atoms with van der Waals surface area (Å²) < 4.78 is 2.27. The summed E-state index contributed by atoms with van der Waals surface area (Å²) in [6.45, 7) is 12.1. The third-order valence-electron chi connectivity index (χ3n) is 10.7. The fraction of sp³-hybridized carbons (Fsp3) is 0.310. The van der Waals surface area contributed by atoms with E-state index in [4.69, 9.17) is 5.11 Å². The number of carbonyl (C=O) groups excluding carboxylic acids is 1. The van der Waals surface area contributed by atoms with Gasteiger partial charge in [0.2, 0.25) is 5.69 Å². The minimum atomic E-state index is -0.782. The molecule has 1 N–H and O–H groups in total. The minimum absolute atomic E-state index is 0.149. The van der Waals surface area contributed by atoms with Gasteiger partial charge in [0.1, 0.15) is 6.54 Å². The van der Waals surface area contributed by atoms with E-state index in [0.717, 1.165) is 57.3 Å². The molecule has 1 aliphatic carbocycles. The summed E-state index contributed by atoms with van der Waals surface area (Å²) in [5.74, 6) is -1.22. The normalized spacial score (nSPS) is 19.5. The Balaban J connectivity index is 1.31. The van der Waals surface area contributed by atoms with Crippen LogP contribution in [-0.2, 0) is 20.4 Å². The highest BCUT2D eigenvalue weighted by atomic mass is 16.4. The van der Waals surface area contributed by atoms with Crippen LogP contribution in [0.2, 0.25) is 0 Å². The number of ketones is 1. The summed E-state index contributed by atoms with van der Waals surface area (Å²) in [4.78, 5) is 27.3. The number of fused-ring (bicyclic) bond motifs is 6. The van der Waals surface area contributed by atoms with Gasteiger partial charge in [-0.05, 0) is 62.1 Å². The molecule has 4 aromatic carbocycles. The molecule has 0 amide bonds. The molecule has 6 heteroatoms. The molecule has 0 aromatic heterocycles. The van der Waals surface area contributed by atoms with Crippen molar-refractivity contribution in [2.75, 3.05) is 18.0 Å². The van der Waals surface area contributed by atoms with E-state index in [-0.39, 0.29) is 34.5 Å². The molecule has 0 spiro atoms. The number of likely N-dealkylation sites (N-methyl/N-ethyl adjacent to an activating group) is 1. The molecule has 244 valence electrons. The molecule has 0 unspecified atom stereocenters. The van der Waals surface area contributed by atoms with Gasteiger partial charge in [0, 0.05) is 58.7 Å². The zero-order valence-corrected chi connectivity index (χ0v) is 28.4. The first-order valence-electron chi connectivity index (χ1n) is 17.1. The summed E-state index contributed by atoms with van der Waals surface area (Å²) in [6, 6.07) is 25.3. The lowest BCUT2D eigenvalue weighted by atomic mass is 9.77. The summed E-state index contributed by atoms with van der Waals surface area (Å²) >= 11 is 0. The minimum Gasteiger partial charge on any atom is -0.871 e. The van der Waals surface area contributed by atoms with Gasteiger partial charge in [-0.1, -0.05) is 86.3 Å². The lowest BCUT2D eigenvalue weighted by molar-refractivity contribution is -0.436. The average molecular weight is 639 g/mol. The van der Waals surface area contributed by atoms with E-state index in [1.165, 1.54) is 10.9 Å². The monoisotopic (exact) mass is 638 g/mol. The quantitative estimate of drug-likeness (QED) is 0.115. The highest BCUT2D eigenvalue weighted by Gasteiger charge is 2.47. The number of nitrogens with zero attached hydrogens (tertiary/aromatic N) is 2. The molecular formula is C42H42N2O4. The molecule has 0 bridgehead atoms. The molecule has 7 rings (SSSR count). The van der Waals surface area contributed by atoms with Gasteiger partial charge in [-0.3, -0.25) is 9.59 Å². The molecule has 4 aromatic rings. The van der Waals surface area contributed by atoms with E-state index < -0.39 is 11.4 Å². The predicted octanol–water partition coefficient (Wildman–Crippen LogP) is 7.84. The number of carbonyl (C=O) groups is 2. The fourth-order valence-electron chi connectivity index (χ4n) is 8.06. The van der Waals surface area contributed by atoms with Gasteiger partial charge in [-0.2, -0.15) is 4.58 Å². The van der Waals surface area contributed by atoms with Crippen LogP contribution in [0.1, 0.15) is 71.4 Å². The summed E-state index contributed by atoms with van der Waals surface area (Å²) in [5, 5.41) is 27.6. The van der Waals surface area contributed by atoms with Crippen LogP contribution in [0.3, 0.4) is 0 Å². The van der Waals surface area contributed by atoms with Gasteiger partial charge in [-0.25, -0.2) is 0 Å². The number of hydrogen-bond acceptors (Lipinski definition) is 4. The van der Waals surface area contributed by atoms with Gasteiger partial charge < -0.3 is 15.1 Å². The van der Waals surface area contributed by atoms with Gasteiger partial charge in [0.15, 0.2) is 11.5 Å². The van der Waals surface area contributed by atoms with E-state index in [0.29, 0.717) is 19.5 Å². The Morgan fingerprint density at radius 2 is 1.48 bits per heavy atom. The number of carboxylic acids is 1. The third kappa shape index (κ3) is 4.80. The van der Waals surface area contributed by atoms with Gasteiger partial charge >= 0.3 is 5.97 Å². The van der Waals surface area contributed by atoms with Crippen molar-refractivity contribution < 1.29 is 24.4 Å². The van der Waals surface area contributed by atoms with Crippen LogP contribution in [0.15, 0.2) is 108 Å². The molecule has 3 aliphatic rings. The molecule has 0 saturated heterocycles. The van der Waals surface area contributed by atoms with Crippen LogP contribution in [0, 0.1) is 0 Å². The Bertz CT molecular complexity index is 2160. The highest BCUT2D eigenvalue weighted by Crippen LogP contribution is 2.52. The number of unbranched alkanes of at least 4 members (excludes halogenated alkanes) is 2. The van der Waals surface area contributed by atoms with Crippen molar-refractivity contribution in [3.05, 3.63) is 119 Å².